The second kappa shape index (κ2) is 7.11. The van der Waals surface area contributed by atoms with Gasteiger partial charge < -0.3 is 15.5 Å². The molecule has 0 radical (unpaired) electrons. The van der Waals surface area contributed by atoms with Gasteiger partial charge in [-0.15, -0.1) is 0 Å². The zero-order valence-corrected chi connectivity index (χ0v) is 13.1. The molecule has 0 saturated carbocycles. The molecule has 0 aromatic heterocycles. The third-order valence-electron chi connectivity index (χ3n) is 2.66. The molecule has 4 nitrogen and oxygen atoms in total. The zero-order valence-electron chi connectivity index (χ0n) is 10.9. The molecule has 0 spiro atoms. The highest BCUT2D eigenvalue weighted by Gasteiger charge is 2.11. The Hall–Kier alpha value is -2.04. The minimum absolute atomic E-state index is 0.0571. The summed E-state index contributed by atoms with van der Waals surface area (Å²) < 4.78 is 0.866. The van der Waals surface area contributed by atoms with Crippen LogP contribution in [-0.2, 0) is 0 Å². The average Bonchev–Trinajstić information content (AvgIpc) is 2.49. The lowest BCUT2D eigenvalue weighted by atomic mass is 10.1. The van der Waals surface area contributed by atoms with Crippen LogP contribution in [0, 0.1) is 15.4 Å². The van der Waals surface area contributed by atoms with E-state index in [1.165, 1.54) is 6.07 Å². The van der Waals surface area contributed by atoms with Crippen LogP contribution in [0.2, 0.25) is 0 Å². The van der Waals surface area contributed by atoms with Crippen molar-refractivity contribution in [2.75, 3.05) is 11.9 Å². The Balaban J connectivity index is 2.14. The van der Waals surface area contributed by atoms with E-state index in [4.69, 9.17) is 5.11 Å². The predicted molar refractivity (Wildman–Crippen MR) is 89.2 cm³/mol. The monoisotopic (exact) mass is 393 g/mol. The van der Waals surface area contributed by atoms with Crippen LogP contribution in [0.25, 0.3) is 0 Å². The van der Waals surface area contributed by atoms with Crippen LogP contribution in [0.4, 0.5) is 5.69 Å². The molecule has 0 atom stereocenters. The number of benzene rings is 2. The van der Waals surface area contributed by atoms with E-state index in [2.05, 4.69) is 39.7 Å². The fourth-order valence-corrected chi connectivity index (χ4v) is 2.16. The number of rotatable bonds is 2. The van der Waals surface area contributed by atoms with Crippen molar-refractivity contribution < 1.29 is 15.0 Å². The van der Waals surface area contributed by atoms with Gasteiger partial charge in [0, 0.05) is 14.8 Å². The van der Waals surface area contributed by atoms with Crippen LogP contribution in [0.3, 0.4) is 0 Å². The lowest BCUT2D eigenvalue weighted by molar-refractivity contribution is 0.102. The number of carbonyl (C=O) groups excluding carboxylic acids is 1. The molecule has 2 rings (SSSR count). The summed E-state index contributed by atoms with van der Waals surface area (Å²) in [4.78, 5) is 12.1. The molecule has 0 unspecified atom stereocenters. The maximum absolute atomic E-state index is 12.1. The summed E-state index contributed by atoms with van der Waals surface area (Å²) in [5, 5.41) is 21.0. The van der Waals surface area contributed by atoms with Crippen LogP contribution in [0.5, 0.6) is 5.75 Å². The van der Waals surface area contributed by atoms with Gasteiger partial charge in [-0.1, -0.05) is 11.8 Å². The molecule has 0 aliphatic heterocycles. The van der Waals surface area contributed by atoms with Crippen molar-refractivity contribution >= 4 is 34.2 Å². The standard InChI is InChI=1S/C16H12INO3/c17-12-5-8-15(20)14(10-12)16(21)18-13-6-3-11(4-7-13)2-1-9-19/h3-8,10,19-20H,9H2,(H,18,21). The van der Waals surface area contributed by atoms with Gasteiger partial charge in [-0.3, -0.25) is 4.79 Å². The SMILES string of the molecule is O=C(Nc1ccc(C#CCO)cc1)c1cc(I)ccc1O. The molecule has 0 aliphatic rings. The second-order valence-electron chi connectivity index (χ2n) is 4.15. The Labute approximate surface area is 136 Å². The number of halogens is 1. The van der Waals surface area contributed by atoms with Gasteiger partial charge in [-0.2, -0.15) is 0 Å². The van der Waals surface area contributed by atoms with E-state index in [1.54, 1.807) is 36.4 Å². The largest absolute Gasteiger partial charge is 0.507 e. The highest BCUT2D eigenvalue weighted by atomic mass is 127. The topological polar surface area (TPSA) is 69.6 Å². The van der Waals surface area contributed by atoms with Crippen LogP contribution in [0.1, 0.15) is 15.9 Å². The lowest BCUT2D eigenvalue weighted by Crippen LogP contribution is -2.12. The quantitative estimate of drug-likeness (QED) is 0.543. The first kappa shape index (κ1) is 15.4. The fourth-order valence-electron chi connectivity index (χ4n) is 1.67. The van der Waals surface area contributed by atoms with E-state index in [9.17, 15) is 9.90 Å². The van der Waals surface area contributed by atoms with Crippen molar-refractivity contribution in [3.05, 3.63) is 57.2 Å². The minimum atomic E-state index is -0.375. The Bertz CT molecular complexity index is 715. The number of aliphatic hydroxyl groups excluding tert-OH is 1. The molecule has 1 amide bonds. The number of aliphatic hydroxyl groups is 1. The second-order valence-corrected chi connectivity index (χ2v) is 5.40. The van der Waals surface area contributed by atoms with Crippen LogP contribution >= 0.6 is 22.6 Å². The van der Waals surface area contributed by atoms with E-state index in [0.29, 0.717) is 5.69 Å². The lowest BCUT2D eigenvalue weighted by Gasteiger charge is -2.07. The maximum atomic E-state index is 12.1. The van der Waals surface area contributed by atoms with E-state index in [-0.39, 0.29) is 23.8 Å². The number of hydrogen-bond acceptors (Lipinski definition) is 3. The molecular formula is C16H12INO3. The van der Waals surface area contributed by atoms with Crippen LogP contribution in [0.15, 0.2) is 42.5 Å². The van der Waals surface area contributed by atoms with Crippen molar-refractivity contribution in [2.24, 2.45) is 0 Å². The van der Waals surface area contributed by atoms with Crippen LogP contribution in [-0.4, -0.2) is 22.7 Å². The highest BCUT2D eigenvalue weighted by molar-refractivity contribution is 14.1. The normalized spacial score (nSPS) is 9.62. The van der Waals surface area contributed by atoms with Gasteiger partial charge in [0.15, 0.2) is 0 Å². The first-order valence-electron chi connectivity index (χ1n) is 6.10. The van der Waals surface area contributed by atoms with Gasteiger partial charge in [0.1, 0.15) is 12.4 Å². The van der Waals surface area contributed by atoms with Crippen LogP contribution < -0.4 is 5.32 Å². The smallest absolute Gasteiger partial charge is 0.259 e. The van der Waals surface area contributed by atoms with Gasteiger partial charge in [0.2, 0.25) is 0 Å². The Morgan fingerprint density at radius 1 is 1.19 bits per heavy atom. The maximum Gasteiger partial charge on any atom is 0.259 e. The minimum Gasteiger partial charge on any atom is -0.507 e. The number of phenols is 1. The Morgan fingerprint density at radius 2 is 1.90 bits per heavy atom. The van der Waals surface area contributed by atoms with Crippen molar-refractivity contribution in [3.63, 3.8) is 0 Å². The molecule has 106 valence electrons. The molecule has 5 heteroatoms. The molecule has 0 heterocycles. The van der Waals surface area contributed by atoms with Crippen molar-refractivity contribution in [3.8, 4) is 17.6 Å². The molecule has 0 aliphatic carbocycles. The van der Waals surface area contributed by atoms with Crippen molar-refractivity contribution in [1.29, 1.82) is 0 Å². The average molecular weight is 393 g/mol. The number of anilines is 1. The highest BCUT2D eigenvalue weighted by Crippen LogP contribution is 2.21. The Kier molecular flexibility index (Phi) is 5.20. The first-order valence-corrected chi connectivity index (χ1v) is 7.17. The van der Waals surface area contributed by atoms with E-state index >= 15 is 0 Å². The number of hydrogen-bond donors (Lipinski definition) is 3. The Morgan fingerprint density at radius 3 is 2.57 bits per heavy atom. The van der Waals surface area contributed by atoms with Gasteiger partial charge in [-0.25, -0.2) is 0 Å². The molecule has 0 bridgehead atoms. The van der Waals surface area contributed by atoms with Gasteiger partial charge >= 0.3 is 0 Å². The van der Waals surface area contributed by atoms with Gasteiger partial charge in [0.25, 0.3) is 5.91 Å². The predicted octanol–water partition coefficient (Wildman–Crippen LogP) is 2.59. The van der Waals surface area contributed by atoms with Gasteiger partial charge in [-0.05, 0) is 65.1 Å². The summed E-state index contributed by atoms with van der Waals surface area (Å²) in [5.41, 5.74) is 1.58. The van der Waals surface area contributed by atoms with E-state index in [0.717, 1.165) is 9.13 Å². The molecule has 3 N–H and O–H groups in total. The number of nitrogens with one attached hydrogen (secondary N) is 1. The zero-order chi connectivity index (χ0) is 15.2. The third-order valence-corrected chi connectivity index (χ3v) is 3.33. The number of aromatic hydroxyl groups is 1. The summed E-state index contributed by atoms with van der Waals surface area (Å²) in [6.07, 6.45) is 0. The fraction of sp³-hybridized carbons (Fsp3) is 0.0625. The first-order chi connectivity index (χ1) is 10.1. The summed E-state index contributed by atoms with van der Waals surface area (Å²) in [5.74, 6) is 4.89. The van der Waals surface area contributed by atoms with Crippen molar-refractivity contribution in [2.45, 2.75) is 0 Å². The van der Waals surface area contributed by atoms with E-state index < -0.39 is 0 Å². The summed E-state index contributed by atoms with van der Waals surface area (Å²) in [6.45, 7) is -0.190. The summed E-state index contributed by atoms with van der Waals surface area (Å²) in [6, 6.07) is 11.7. The molecule has 0 fully saturated rings. The molecule has 2 aromatic carbocycles. The number of amides is 1. The third kappa shape index (κ3) is 4.21. The molecule has 0 saturated heterocycles. The molecule has 21 heavy (non-hydrogen) atoms. The van der Waals surface area contributed by atoms with E-state index in [1.807, 2.05) is 0 Å². The van der Waals surface area contributed by atoms with Crippen molar-refractivity contribution in [1.82, 2.24) is 0 Å². The molecule has 2 aromatic rings. The summed E-state index contributed by atoms with van der Waals surface area (Å²) >= 11 is 2.08. The number of phenolic OH excluding ortho intramolecular Hbond substituents is 1. The molecular weight excluding hydrogens is 381 g/mol. The van der Waals surface area contributed by atoms with Gasteiger partial charge in [0.05, 0.1) is 5.56 Å². The number of carbonyl (C=O) groups is 1. The summed E-state index contributed by atoms with van der Waals surface area (Å²) in [7, 11) is 0.